The number of benzene rings is 1. The van der Waals surface area contributed by atoms with E-state index in [1.165, 1.54) is 0 Å². The summed E-state index contributed by atoms with van der Waals surface area (Å²) in [5.74, 6) is -0.0844. The Morgan fingerprint density at radius 3 is 2.74 bits per heavy atom. The van der Waals surface area contributed by atoms with Crippen LogP contribution in [0.15, 0.2) is 30.3 Å². The predicted molar refractivity (Wildman–Crippen MR) is 76.3 cm³/mol. The van der Waals surface area contributed by atoms with Gasteiger partial charge < -0.3 is 16.4 Å². The van der Waals surface area contributed by atoms with Gasteiger partial charge in [-0.05, 0) is 18.4 Å². The van der Waals surface area contributed by atoms with Gasteiger partial charge in [-0.3, -0.25) is 4.79 Å². The molecule has 1 heterocycles. The quantitative estimate of drug-likeness (QED) is 0.857. The third-order valence-corrected chi connectivity index (χ3v) is 4.04. The zero-order valence-corrected chi connectivity index (χ0v) is 11.5. The Morgan fingerprint density at radius 2 is 2.11 bits per heavy atom. The topological polar surface area (TPSA) is 72.3 Å². The van der Waals surface area contributed by atoms with E-state index < -0.39 is 0 Å². The van der Waals surface area contributed by atoms with Crippen LogP contribution in [-0.2, 0) is 4.79 Å². The normalized spacial score (nSPS) is 22.3. The molecule has 3 atom stereocenters. The molecule has 2 rings (SSSR count). The molecule has 0 radical (unpaired) electrons. The van der Waals surface area contributed by atoms with Gasteiger partial charge in [-0.15, -0.1) is 0 Å². The number of carbonyl (C=O) groups excluding carboxylic acids is 1. The van der Waals surface area contributed by atoms with E-state index in [9.17, 15) is 4.79 Å². The zero-order valence-electron chi connectivity index (χ0n) is 11.5. The van der Waals surface area contributed by atoms with Crippen LogP contribution in [0.3, 0.4) is 0 Å². The van der Waals surface area contributed by atoms with Crippen molar-refractivity contribution < 1.29 is 4.79 Å². The van der Waals surface area contributed by atoms with Gasteiger partial charge in [-0.25, -0.2) is 0 Å². The van der Waals surface area contributed by atoms with Crippen molar-refractivity contribution in [2.45, 2.75) is 31.8 Å². The minimum absolute atomic E-state index is 0.129. The van der Waals surface area contributed by atoms with Crippen LogP contribution in [0.4, 0.5) is 0 Å². The van der Waals surface area contributed by atoms with Crippen molar-refractivity contribution >= 4 is 5.91 Å². The standard InChI is InChI=1S/C15H23N3O/c1-11(14(17)12-6-3-2-4-7-12)15(19)18-9-5-8-13(18)10-16/h2-4,6-7,11,13-14H,5,8-10,16-17H2,1H3. The van der Waals surface area contributed by atoms with E-state index in [4.69, 9.17) is 11.5 Å². The Hall–Kier alpha value is -1.39. The minimum Gasteiger partial charge on any atom is -0.338 e. The molecular weight excluding hydrogens is 238 g/mol. The molecule has 3 unspecified atom stereocenters. The number of carbonyl (C=O) groups is 1. The summed E-state index contributed by atoms with van der Waals surface area (Å²) in [5.41, 5.74) is 12.9. The molecule has 4 N–H and O–H groups in total. The molecule has 19 heavy (non-hydrogen) atoms. The smallest absolute Gasteiger partial charge is 0.227 e. The lowest BCUT2D eigenvalue weighted by molar-refractivity contribution is -0.136. The van der Waals surface area contributed by atoms with E-state index in [1.54, 1.807) is 0 Å². The highest BCUT2D eigenvalue weighted by molar-refractivity contribution is 5.80. The van der Waals surface area contributed by atoms with Crippen LogP contribution < -0.4 is 11.5 Å². The summed E-state index contributed by atoms with van der Waals surface area (Å²) < 4.78 is 0. The fourth-order valence-corrected chi connectivity index (χ4v) is 2.75. The molecule has 1 saturated heterocycles. The molecule has 1 aliphatic heterocycles. The van der Waals surface area contributed by atoms with Gasteiger partial charge in [-0.2, -0.15) is 0 Å². The summed E-state index contributed by atoms with van der Waals surface area (Å²) in [7, 11) is 0. The number of nitrogens with zero attached hydrogens (tertiary/aromatic N) is 1. The lowest BCUT2D eigenvalue weighted by Gasteiger charge is -2.29. The fraction of sp³-hybridized carbons (Fsp3) is 0.533. The first kappa shape index (κ1) is 14.0. The molecule has 1 aromatic carbocycles. The van der Waals surface area contributed by atoms with Gasteiger partial charge in [0.2, 0.25) is 5.91 Å². The maximum absolute atomic E-state index is 12.5. The molecule has 1 amide bonds. The van der Waals surface area contributed by atoms with Gasteiger partial charge in [-0.1, -0.05) is 37.3 Å². The monoisotopic (exact) mass is 261 g/mol. The number of hydrogen-bond acceptors (Lipinski definition) is 3. The summed E-state index contributed by atoms with van der Waals surface area (Å²) in [5, 5.41) is 0. The zero-order chi connectivity index (χ0) is 13.8. The Morgan fingerprint density at radius 1 is 1.42 bits per heavy atom. The summed E-state index contributed by atoms with van der Waals surface area (Å²) in [4.78, 5) is 14.4. The van der Waals surface area contributed by atoms with Crippen molar-refractivity contribution in [3.8, 4) is 0 Å². The van der Waals surface area contributed by atoms with Gasteiger partial charge in [0.25, 0.3) is 0 Å². The Balaban J connectivity index is 2.06. The van der Waals surface area contributed by atoms with E-state index in [-0.39, 0.29) is 23.9 Å². The third-order valence-electron chi connectivity index (χ3n) is 4.04. The lowest BCUT2D eigenvalue weighted by Crippen LogP contribution is -2.44. The second-order valence-corrected chi connectivity index (χ2v) is 5.29. The van der Waals surface area contributed by atoms with E-state index in [0.717, 1.165) is 24.9 Å². The highest BCUT2D eigenvalue weighted by atomic mass is 16.2. The van der Waals surface area contributed by atoms with Crippen molar-refractivity contribution in [3.05, 3.63) is 35.9 Å². The molecular formula is C15H23N3O. The van der Waals surface area contributed by atoms with Gasteiger partial charge in [0.15, 0.2) is 0 Å². The Kier molecular flexibility index (Phi) is 4.56. The van der Waals surface area contributed by atoms with Crippen LogP contribution in [0.2, 0.25) is 0 Å². The van der Waals surface area contributed by atoms with E-state index in [1.807, 2.05) is 42.2 Å². The number of rotatable bonds is 4. The number of likely N-dealkylation sites (tertiary alicyclic amines) is 1. The van der Waals surface area contributed by atoms with Crippen molar-refractivity contribution in [2.24, 2.45) is 17.4 Å². The van der Waals surface area contributed by atoms with Crippen LogP contribution in [-0.4, -0.2) is 29.9 Å². The maximum Gasteiger partial charge on any atom is 0.227 e. The first-order chi connectivity index (χ1) is 9.15. The first-order valence-electron chi connectivity index (χ1n) is 6.96. The lowest BCUT2D eigenvalue weighted by atomic mass is 9.94. The molecule has 1 fully saturated rings. The van der Waals surface area contributed by atoms with Crippen LogP contribution in [0, 0.1) is 5.92 Å². The van der Waals surface area contributed by atoms with Crippen LogP contribution in [0.1, 0.15) is 31.4 Å². The predicted octanol–water partition coefficient (Wildman–Crippen LogP) is 1.27. The Bertz CT molecular complexity index is 421. The number of hydrogen-bond donors (Lipinski definition) is 2. The van der Waals surface area contributed by atoms with Gasteiger partial charge in [0.1, 0.15) is 0 Å². The molecule has 0 aliphatic carbocycles. The highest BCUT2D eigenvalue weighted by Crippen LogP contribution is 2.25. The first-order valence-corrected chi connectivity index (χ1v) is 6.96. The van der Waals surface area contributed by atoms with Crippen LogP contribution >= 0.6 is 0 Å². The average Bonchev–Trinajstić information content (AvgIpc) is 2.94. The third kappa shape index (κ3) is 2.96. The average molecular weight is 261 g/mol. The SMILES string of the molecule is CC(C(=O)N1CCCC1CN)C(N)c1ccccc1. The molecule has 1 aliphatic rings. The molecule has 0 saturated carbocycles. The molecule has 4 heteroatoms. The molecule has 0 aromatic heterocycles. The molecule has 0 spiro atoms. The maximum atomic E-state index is 12.5. The van der Waals surface area contributed by atoms with Crippen molar-refractivity contribution in [1.82, 2.24) is 4.90 Å². The molecule has 0 bridgehead atoms. The second kappa shape index (κ2) is 6.17. The van der Waals surface area contributed by atoms with E-state index >= 15 is 0 Å². The van der Waals surface area contributed by atoms with Gasteiger partial charge in [0, 0.05) is 25.2 Å². The summed E-state index contributed by atoms with van der Waals surface area (Å²) in [6, 6.07) is 9.73. The highest BCUT2D eigenvalue weighted by Gasteiger charge is 2.33. The summed E-state index contributed by atoms with van der Waals surface area (Å²) in [6.45, 7) is 3.26. The fourth-order valence-electron chi connectivity index (χ4n) is 2.75. The van der Waals surface area contributed by atoms with Gasteiger partial charge in [0.05, 0.1) is 5.92 Å². The van der Waals surface area contributed by atoms with E-state index in [0.29, 0.717) is 6.54 Å². The molecule has 104 valence electrons. The van der Waals surface area contributed by atoms with Crippen molar-refractivity contribution in [1.29, 1.82) is 0 Å². The van der Waals surface area contributed by atoms with Crippen molar-refractivity contribution in [3.63, 3.8) is 0 Å². The van der Waals surface area contributed by atoms with Crippen LogP contribution in [0.25, 0.3) is 0 Å². The Labute approximate surface area is 114 Å². The van der Waals surface area contributed by atoms with E-state index in [2.05, 4.69) is 0 Å². The van der Waals surface area contributed by atoms with Gasteiger partial charge >= 0.3 is 0 Å². The molecule has 1 aromatic rings. The van der Waals surface area contributed by atoms with Crippen LogP contribution in [0.5, 0.6) is 0 Å². The largest absolute Gasteiger partial charge is 0.338 e. The summed E-state index contributed by atoms with van der Waals surface area (Å²) in [6.07, 6.45) is 2.05. The van der Waals surface area contributed by atoms with Crippen molar-refractivity contribution in [2.75, 3.05) is 13.1 Å². The molecule has 4 nitrogen and oxygen atoms in total. The summed E-state index contributed by atoms with van der Waals surface area (Å²) >= 11 is 0. The minimum atomic E-state index is -0.257. The number of amides is 1. The number of nitrogens with two attached hydrogens (primary N) is 2. The second-order valence-electron chi connectivity index (χ2n) is 5.29.